The smallest absolute Gasteiger partial charge is 0.383 e. The van der Waals surface area contributed by atoms with E-state index in [4.69, 9.17) is 10.5 Å². The number of carbonyl (C=O) groups is 1. The van der Waals surface area contributed by atoms with Crippen LogP contribution in [0.4, 0.5) is 23.4 Å². The molecule has 0 bridgehead atoms. The Balaban J connectivity index is 1.71. The molecule has 11 heteroatoms. The summed E-state index contributed by atoms with van der Waals surface area (Å²) < 4.78 is 58.9. The van der Waals surface area contributed by atoms with Gasteiger partial charge < -0.3 is 10.5 Å². The van der Waals surface area contributed by atoms with Gasteiger partial charge in [-0.25, -0.2) is 14.4 Å². The first-order chi connectivity index (χ1) is 15.6. The largest absolute Gasteiger partial charge is 0.417 e. The molecule has 7 nitrogen and oxygen atoms in total. The number of halogens is 4. The molecule has 1 aliphatic rings. The van der Waals surface area contributed by atoms with Crippen molar-refractivity contribution in [2.24, 2.45) is 0 Å². The van der Waals surface area contributed by atoms with E-state index in [1.807, 2.05) is 0 Å². The van der Waals surface area contributed by atoms with Gasteiger partial charge in [-0.15, -0.1) is 0 Å². The Morgan fingerprint density at radius 2 is 1.94 bits per heavy atom. The fourth-order valence-electron chi connectivity index (χ4n) is 3.65. The van der Waals surface area contributed by atoms with Crippen LogP contribution in [0.25, 0.3) is 10.9 Å². The fraction of sp³-hybridized carbons (Fsp3) is 0.318. The number of pyridine rings is 2. The Kier molecular flexibility index (Phi) is 5.93. The zero-order valence-corrected chi connectivity index (χ0v) is 17.9. The molecule has 1 aromatic carbocycles. The van der Waals surface area contributed by atoms with Crippen LogP contribution in [0, 0.1) is 5.82 Å². The van der Waals surface area contributed by atoms with Crippen molar-refractivity contribution in [3.63, 3.8) is 0 Å². The third-order valence-corrected chi connectivity index (χ3v) is 5.62. The molecule has 0 aliphatic carbocycles. The van der Waals surface area contributed by atoms with Crippen LogP contribution in [0.2, 0.25) is 0 Å². The summed E-state index contributed by atoms with van der Waals surface area (Å²) in [7, 11) is 1.62. The lowest BCUT2D eigenvalue weighted by Gasteiger charge is -2.31. The second-order valence-corrected chi connectivity index (χ2v) is 7.67. The van der Waals surface area contributed by atoms with Crippen LogP contribution in [-0.2, 0) is 30.7 Å². The summed E-state index contributed by atoms with van der Waals surface area (Å²) in [6.07, 6.45) is -3.81. The molecule has 0 saturated carbocycles. The molecule has 1 amide bonds. The molecule has 0 atom stereocenters. The van der Waals surface area contributed by atoms with Gasteiger partial charge >= 0.3 is 6.18 Å². The van der Waals surface area contributed by atoms with Crippen molar-refractivity contribution in [2.45, 2.75) is 32.9 Å². The number of anilines is 1. The van der Waals surface area contributed by atoms with Gasteiger partial charge in [0.2, 0.25) is 0 Å². The highest BCUT2D eigenvalue weighted by atomic mass is 19.4. The Bertz CT molecular complexity index is 1210. The molecule has 0 unspecified atom stereocenters. The van der Waals surface area contributed by atoms with Crippen LogP contribution in [0.3, 0.4) is 0 Å². The molecule has 0 fully saturated rings. The van der Waals surface area contributed by atoms with E-state index in [0.29, 0.717) is 29.2 Å². The Morgan fingerprint density at radius 1 is 1.21 bits per heavy atom. The topological polar surface area (TPSA) is 84.6 Å². The van der Waals surface area contributed by atoms with Crippen LogP contribution in [0.1, 0.15) is 39.7 Å². The monoisotopic (exact) mass is 463 g/mol. The van der Waals surface area contributed by atoms with Crippen molar-refractivity contribution in [1.82, 2.24) is 20.0 Å². The lowest BCUT2D eigenvalue weighted by atomic mass is 10.0. The zero-order valence-electron chi connectivity index (χ0n) is 17.9. The molecular formula is C22H21F4N5O2. The first kappa shape index (κ1) is 22.9. The number of hydrogen-bond acceptors (Lipinski definition) is 6. The van der Waals surface area contributed by atoms with Crippen LogP contribution in [0.15, 0.2) is 30.5 Å². The number of benzene rings is 1. The summed E-state index contributed by atoms with van der Waals surface area (Å²) in [5.41, 5.74) is 6.85. The number of ether oxygens (including phenoxy) is 1. The van der Waals surface area contributed by atoms with Gasteiger partial charge in [-0.1, -0.05) is 6.92 Å². The van der Waals surface area contributed by atoms with Crippen molar-refractivity contribution in [3.05, 3.63) is 64.2 Å². The number of hydrazine groups is 1. The van der Waals surface area contributed by atoms with Crippen LogP contribution < -0.4 is 5.73 Å². The molecule has 1 aliphatic heterocycles. The van der Waals surface area contributed by atoms with Gasteiger partial charge in [-0.05, 0) is 23.8 Å². The molecule has 3 heterocycles. The van der Waals surface area contributed by atoms with E-state index in [0.717, 1.165) is 17.7 Å². The summed E-state index contributed by atoms with van der Waals surface area (Å²) in [6, 6.07) is 4.66. The summed E-state index contributed by atoms with van der Waals surface area (Å²) in [5, 5.41) is 3.34. The van der Waals surface area contributed by atoms with E-state index in [9.17, 15) is 22.4 Å². The Labute approximate surface area is 186 Å². The van der Waals surface area contributed by atoms with Crippen molar-refractivity contribution in [3.8, 4) is 0 Å². The van der Waals surface area contributed by atoms with E-state index in [1.165, 1.54) is 17.1 Å². The third-order valence-electron chi connectivity index (χ3n) is 5.62. The highest BCUT2D eigenvalue weighted by molar-refractivity contribution is 5.99. The quantitative estimate of drug-likeness (QED) is 0.456. The highest BCUT2D eigenvalue weighted by Crippen LogP contribution is 2.33. The van der Waals surface area contributed by atoms with Crippen molar-refractivity contribution < 1.29 is 27.1 Å². The van der Waals surface area contributed by atoms with Crippen LogP contribution in [0.5, 0.6) is 0 Å². The molecule has 0 spiro atoms. The highest BCUT2D eigenvalue weighted by Gasteiger charge is 2.31. The number of carbonyl (C=O) groups excluding carboxylic acids is 1. The lowest BCUT2D eigenvalue weighted by Crippen LogP contribution is -2.44. The maximum absolute atomic E-state index is 15.0. The average Bonchev–Trinajstić information content (AvgIpc) is 3.27. The molecule has 0 radical (unpaired) electrons. The van der Waals surface area contributed by atoms with Crippen molar-refractivity contribution in [2.75, 3.05) is 19.3 Å². The minimum absolute atomic E-state index is 0.139. The first-order valence-corrected chi connectivity index (χ1v) is 10.1. The number of hydrogen-bond donors (Lipinski definition) is 1. The molecule has 2 N–H and O–H groups in total. The number of nitrogens with two attached hydrogens (primary N) is 1. The average molecular weight is 463 g/mol. The molecule has 0 saturated heterocycles. The second kappa shape index (κ2) is 8.56. The van der Waals surface area contributed by atoms with Gasteiger partial charge in [0.25, 0.3) is 5.91 Å². The van der Waals surface area contributed by atoms with Gasteiger partial charge in [-0.3, -0.25) is 14.8 Å². The zero-order chi connectivity index (χ0) is 23.9. The molecule has 174 valence electrons. The fourth-order valence-corrected chi connectivity index (χ4v) is 3.65. The lowest BCUT2D eigenvalue weighted by molar-refractivity contribution is -0.137. The Hall–Kier alpha value is -3.31. The van der Waals surface area contributed by atoms with Gasteiger partial charge in [-0.2, -0.15) is 13.2 Å². The van der Waals surface area contributed by atoms with Crippen molar-refractivity contribution in [1.29, 1.82) is 0 Å². The number of aromatic nitrogens is 2. The van der Waals surface area contributed by atoms with E-state index in [1.54, 1.807) is 19.0 Å². The van der Waals surface area contributed by atoms with Gasteiger partial charge in [0.05, 0.1) is 42.1 Å². The van der Waals surface area contributed by atoms with Gasteiger partial charge in [0, 0.05) is 36.8 Å². The summed E-state index contributed by atoms with van der Waals surface area (Å²) in [5.74, 6) is -1.19. The number of nitrogens with zero attached hydrogens (tertiary/aromatic N) is 4. The molecular weight excluding hydrogens is 442 g/mol. The molecule has 3 aromatic rings. The minimum atomic E-state index is -4.52. The third kappa shape index (κ3) is 4.33. The van der Waals surface area contributed by atoms with Gasteiger partial charge in [0.1, 0.15) is 11.6 Å². The molecule has 2 aromatic heterocycles. The van der Waals surface area contributed by atoms with Crippen LogP contribution >= 0.6 is 0 Å². The SMILES string of the molecule is CCN(C)N(Cc1ccc(C(F)(F)F)cn1)C(=O)c1cc2c3c(c(N)nc2cc1F)COC3. The second-order valence-electron chi connectivity index (χ2n) is 7.67. The maximum atomic E-state index is 15.0. The standard InChI is InChI=1S/C22H21F4N5O2/c1-3-30(2)31(9-13-5-4-12(8-28-13)22(24,25)26)21(32)15-6-14-16-10-33-11-17(16)20(27)29-19(14)7-18(15)23/h4-8H,3,9-11H2,1-2H3,(H2,27,29). The van der Waals surface area contributed by atoms with Crippen molar-refractivity contribution >= 4 is 22.6 Å². The minimum Gasteiger partial charge on any atom is -0.383 e. The molecule has 33 heavy (non-hydrogen) atoms. The van der Waals surface area contributed by atoms with Crippen LogP contribution in [-0.4, -0.2) is 39.5 Å². The number of rotatable bonds is 5. The summed E-state index contributed by atoms with van der Waals surface area (Å²) >= 11 is 0. The number of nitrogen functional groups attached to an aromatic ring is 1. The van der Waals surface area contributed by atoms with Gasteiger partial charge in [0.15, 0.2) is 0 Å². The summed E-state index contributed by atoms with van der Waals surface area (Å²) in [4.78, 5) is 21.4. The van der Waals surface area contributed by atoms with E-state index < -0.39 is 23.5 Å². The first-order valence-electron chi connectivity index (χ1n) is 10.1. The predicted octanol–water partition coefficient (Wildman–Crippen LogP) is 3.91. The van der Waals surface area contributed by atoms with E-state index in [2.05, 4.69) is 9.97 Å². The van der Waals surface area contributed by atoms with E-state index in [-0.39, 0.29) is 36.8 Å². The normalized spacial score (nSPS) is 13.5. The Morgan fingerprint density at radius 3 is 2.58 bits per heavy atom. The number of amides is 1. The predicted molar refractivity (Wildman–Crippen MR) is 112 cm³/mol. The molecule has 4 rings (SSSR count). The number of fused-ring (bicyclic) bond motifs is 3. The summed E-state index contributed by atoms with van der Waals surface area (Å²) in [6.45, 7) is 2.60. The number of alkyl halides is 3. The maximum Gasteiger partial charge on any atom is 0.417 e. The van der Waals surface area contributed by atoms with E-state index >= 15 is 0 Å².